The molecule has 0 amide bonds. The molecule has 1 aliphatic heterocycles. The maximum absolute atomic E-state index is 9.65. The van der Waals surface area contributed by atoms with Gasteiger partial charge in [-0.05, 0) is 48.4 Å². The molecule has 0 aliphatic carbocycles. The molecular formula is C20H19N3OS2. The second-order valence-electron chi connectivity index (χ2n) is 6.28. The lowest BCUT2D eigenvalue weighted by molar-refractivity contribution is 0.262. The third-order valence-electron chi connectivity index (χ3n) is 4.61. The van der Waals surface area contributed by atoms with Gasteiger partial charge in [0.1, 0.15) is 23.0 Å². The van der Waals surface area contributed by atoms with E-state index in [0.717, 1.165) is 27.6 Å². The van der Waals surface area contributed by atoms with E-state index in [-0.39, 0.29) is 0 Å². The van der Waals surface area contributed by atoms with Crippen molar-refractivity contribution in [3.05, 3.63) is 48.3 Å². The zero-order valence-electron chi connectivity index (χ0n) is 14.5. The molecule has 1 atom stereocenters. The van der Waals surface area contributed by atoms with Crippen LogP contribution in [0.2, 0.25) is 0 Å². The van der Waals surface area contributed by atoms with Gasteiger partial charge >= 0.3 is 0 Å². The summed E-state index contributed by atoms with van der Waals surface area (Å²) in [6.07, 6.45) is 7.06. The van der Waals surface area contributed by atoms with Gasteiger partial charge in [0.2, 0.25) is 0 Å². The number of hydrogen-bond acceptors (Lipinski definition) is 5. The Balaban J connectivity index is 1.75. The fraction of sp³-hybridized carbons (Fsp3) is 0.300. The quantitative estimate of drug-likeness (QED) is 0.598. The van der Waals surface area contributed by atoms with Gasteiger partial charge in [0, 0.05) is 22.6 Å². The molecule has 132 valence electrons. The lowest BCUT2D eigenvalue weighted by Gasteiger charge is -2.15. The molecule has 3 heterocycles. The number of nitrogens with zero attached hydrogens (tertiary/aromatic N) is 3. The Kier molecular flexibility index (Phi) is 5.09. The van der Waals surface area contributed by atoms with Gasteiger partial charge in [-0.3, -0.25) is 4.40 Å². The van der Waals surface area contributed by atoms with Gasteiger partial charge in [0.25, 0.3) is 0 Å². The average Bonchev–Trinajstić information content (AvgIpc) is 3.35. The molecule has 0 saturated carbocycles. The number of hydrogen-bond donors (Lipinski definition) is 0. The predicted molar refractivity (Wildman–Crippen MR) is 108 cm³/mol. The molecule has 0 N–H and O–H groups in total. The molecule has 1 aliphatic rings. The monoisotopic (exact) mass is 381 g/mol. The summed E-state index contributed by atoms with van der Waals surface area (Å²) in [4.78, 5) is 5.42. The van der Waals surface area contributed by atoms with Gasteiger partial charge in [-0.15, -0.1) is 11.8 Å². The van der Waals surface area contributed by atoms with Gasteiger partial charge in [0.05, 0.1) is 18.5 Å². The first-order chi connectivity index (χ1) is 12.8. The fourth-order valence-electron chi connectivity index (χ4n) is 3.19. The highest BCUT2D eigenvalue weighted by atomic mass is 32.2. The first-order valence-electron chi connectivity index (χ1n) is 8.55. The van der Waals surface area contributed by atoms with Crippen LogP contribution in [0.4, 0.5) is 0 Å². The highest BCUT2D eigenvalue weighted by Gasteiger charge is 2.19. The molecule has 4 rings (SSSR count). The third-order valence-corrected chi connectivity index (χ3v) is 6.60. The Bertz CT molecular complexity index is 971. The van der Waals surface area contributed by atoms with E-state index in [2.05, 4.69) is 21.5 Å². The highest BCUT2D eigenvalue weighted by Crippen LogP contribution is 2.35. The van der Waals surface area contributed by atoms with Crippen molar-refractivity contribution in [3.63, 3.8) is 0 Å². The number of benzene rings is 1. The number of aromatic nitrogens is 2. The van der Waals surface area contributed by atoms with Crippen LogP contribution in [0.3, 0.4) is 0 Å². The SMILES string of the molecule is CSc1cc(-c2cnc3ccccn23)cc(OCC2CCSC2)c1C#N. The maximum atomic E-state index is 9.65. The first kappa shape index (κ1) is 17.3. The van der Waals surface area contributed by atoms with Crippen LogP contribution in [-0.2, 0) is 0 Å². The van der Waals surface area contributed by atoms with E-state index in [1.165, 1.54) is 12.2 Å². The van der Waals surface area contributed by atoms with E-state index >= 15 is 0 Å². The van der Waals surface area contributed by atoms with Crippen molar-refractivity contribution in [2.45, 2.75) is 11.3 Å². The van der Waals surface area contributed by atoms with Gasteiger partial charge in [0.15, 0.2) is 0 Å². The number of fused-ring (bicyclic) bond motifs is 1. The Morgan fingerprint density at radius 3 is 3.12 bits per heavy atom. The van der Waals surface area contributed by atoms with Gasteiger partial charge < -0.3 is 4.74 Å². The van der Waals surface area contributed by atoms with E-state index in [4.69, 9.17) is 4.74 Å². The molecule has 26 heavy (non-hydrogen) atoms. The van der Waals surface area contributed by atoms with Crippen molar-refractivity contribution in [1.82, 2.24) is 9.38 Å². The fourth-order valence-corrected chi connectivity index (χ4v) is 5.05. The van der Waals surface area contributed by atoms with E-state index in [1.54, 1.807) is 11.8 Å². The van der Waals surface area contributed by atoms with E-state index in [1.807, 2.05) is 54.7 Å². The van der Waals surface area contributed by atoms with Crippen LogP contribution >= 0.6 is 23.5 Å². The summed E-state index contributed by atoms with van der Waals surface area (Å²) >= 11 is 3.55. The van der Waals surface area contributed by atoms with Crippen molar-refractivity contribution in [2.24, 2.45) is 5.92 Å². The Morgan fingerprint density at radius 2 is 2.35 bits per heavy atom. The van der Waals surface area contributed by atoms with Crippen molar-refractivity contribution >= 4 is 29.2 Å². The molecule has 1 saturated heterocycles. The topological polar surface area (TPSA) is 50.3 Å². The van der Waals surface area contributed by atoms with Gasteiger partial charge in [-0.2, -0.15) is 17.0 Å². The molecule has 3 aromatic rings. The van der Waals surface area contributed by atoms with Crippen LogP contribution in [0.1, 0.15) is 12.0 Å². The summed E-state index contributed by atoms with van der Waals surface area (Å²) in [6.45, 7) is 0.673. The number of thioether (sulfide) groups is 2. The van der Waals surface area contributed by atoms with Crippen molar-refractivity contribution in [1.29, 1.82) is 5.26 Å². The molecule has 0 radical (unpaired) electrons. The second kappa shape index (κ2) is 7.65. The van der Waals surface area contributed by atoms with E-state index in [9.17, 15) is 5.26 Å². The minimum atomic E-state index is 0.573. The predicted octanol–water partition coefficient (Wildman–Crippen LogP) is 4.73. The van der Waals surface area contributed by atoms with Crippen LogP contribution in [0, 0.1) is 17.2 Å². The number of ether oxygens (including phenoxy) is 1. The molecule has 1 fully saturated rings. The molecule has 1 unspecified atom stereocenters. The Labute approximate surface area is 161 Å². The highest BCUT2D eigenvalue weighted by molar-refractivity contribution is 7.99. The minimum Gasteiger partial charge on any atom is -0.492 e. The number of imidazole rings is 1. The third kappa shape index (κ3) is 3.29. The molecule has 2 aromatic heterocycles. The minimum absolute atomic E-state index is 0.573. The summed E-state index contributed by atoms with van der Waals surface area (Å²) in [5.74, 6) is 3.60. The van der Waals surface area contributed by atoms with Crippen LogP contribution in [0.25, 0.3) is 16.9 Å². The molecule has 0 bridgehead atoms. The summed E-state index contributed by atoms with van der Waals surface area (Å²) in [7, 11) is 0. The van der Waals surface area contributed by atoms with Crippen LogP contribution in [-0.4, -0.2) is 33.8 Å². The molecular weight excluding hydrogens is 362 g/mol. The number of pyridine rings is 1. The first-order valence-corrected chi connectivity index (χ1v) is 10.9. The molecule has 4 nitrogen and oxygen atoms in total. The Morgan fingerprint density at radius 1 is 1.42 bits per heavy atom. The van der Waals surface area contributed by atoms with Crippen LogP contribution in [0.15, 0.2) is 47.6 Å². The van der Waals surface area contributed by atoms with Crippen molar-refractivity contribution < 1.29 is 4.74 Å². The van der Waals surface area contributed by atoms with E-state index in [0.29, 0.717) is 23.8 Å². The van der Waals surface area contributed by atoms with Crippen molar-refractivity contribution in [2.75, 3.05) is 24.4 Å². The molecule has 0 spiro atoms. The molecule has 1 aromatic carbocycles. The standard InChI is InChI=1S/C20H19N3OS2/c1-25-19-9-15(17-11-22-20-4-2-3-6-23(17)20)8-18(16(19)10-21)24-12-14-5-7-26-13-14/h2-4,6,8-9,11,14H,5,7,12-13H2,1H3. The maximum Gasteiger partial charge on any atom is 0.138 e. The zero-order chi connectivity index (χ0) is 17.9. The van der Waals surface area contributed by atoms with Crippen molar-refractivity contribution in [3.8, 4) is 23.1 Å². The smallest absolute Gasteiger partial charge is 0.138 e. The van der Waals surface area contributed by atoms with E-state index < -0.39 is 0 Å². The zero-order valence-corrected chi connectivity index (χ0v) is 16.1. The summed E-state index contributed by atoms with van der Waals surface area (Å²) in [6, 6.07) is 12.3. The molecule has 6 heteroatoms. The normalized spacial score (nSPS) is 16.7. The lowest BCUT2D eigenvalue weighted by Crippen LogP contribution is -2.11. The second-order valence-corrected chi connectivity index (χ2v) is 8.27. The van der Waals surface area contributed by atoms with Gasteiger partial charge in [-0.1, -0.05) is 6.07 Å². The summed E-state index contributed by atoms with van der Waals surface area (Å²) < 4.78 is 8.18. The summed E-state index contributed by atoms with van der Waals surface area (Å²) in [5, 5.41) is 9.65. The number of nitriles is 1. The van der Waals surface area contributed by atoms with Gasteiger partial charge in [-0.25, -0.2) is 4.98 Å². The number of rotatable bonds is 5. The lowest BCUT2D eigenvalue weighted by atomic mass is 10.1. The Hall–Kier alpha value is -2.10. The van der Waals surface area contributed by atoms with Crippen LogP contribution in [0.5, 0.6) is 5.75 Å². The largest absolute Gasteiger partial charge is 0.492 e. The average molecular weight is 382 g/mol. The summed E-state index contributed by atoms with van der Waals surface area (Å²) in [5.41, 5.74) is 3.55. The van der Waals surface area contributed by atoms with Crippen LogP contribution < -0.4 is 4.74 Å².